The molecule has 0 saturated carbocycles. The lowest BCUT2D eigenvalue weighted by Crippen LogP contribution is -2.07. The second kappa shape index (κ2) is 3.86. The zero-order valence-electron chi connectivity index (χ0n) is 8.24. The van der Waals surface area contributed by atoms with Gasteiger partial charge in [0.1, 0.15) is 17.3 Å². The van der Waals surface area contributed by atoms with Crippen molar-refractivity contribution in [3.05, 3.63) is 29.7 Å². The van der Waals surface area contributed by atoms with Crippen molar-refractivity contribution in [2.24, 2.45) is 0 Å². The fraction of sp³-hybridized carbons (Fsp3) is 0.222. The Morgan fingerprint density at radius 3 is 3.20 bits per heavy atom. The van der Waals surface area contributed by atoms with Crippen LogP contribution in [-0.2, 0) is 0 Å². The van der Waals surface area contributed by atoms with E-state index in [0.717, 1.165) is 11.4 Å². The molecule has 2 aromatic heterocycles. The van der Waals surface area contributed by atoms with Gasteiger partial charge in [0.05, 0.1) is 0 Å². The molecule has 0 bridgehead atoms. The normalized spacial score (nSPS) is 10.5. The first-order chi connectivity index (χ1) is 7.16. The highest BCUT2D eigenvalue weighted by Crippen LogP contribution is 2.14. The molecule has 0 atom stereocenters. The Hall–Kier alpha value is -1.62. The molecule has 0 fully saturated rings. The first-order valence-electron chi connectivity index (χ1n) is 4.41. The number of halogens is 1. The molecular weight excluding hydrogens is 214 g/mol. The number of nitrogens with one attached hydrogen (secondary N) is 1. The van der Waals surface area contributed by atoms with Crippen molar-refractivity contribution < 1.29 is 0 Å². The second-order valence-electron chi connectivity index (χ2n) is 3.25. The Bertz CT molecular complexity index is 504. The van der Waals surface area contributed by atoms with E-state index in [1.807, 2.05) is 6.92 Å². The zero-order valence-corrected chi connectivity index (χ0v) is 8.99. The molecule has 0 radical (unpaired) electrons. The molecule has 0 aliphatic rings. The molecular formula is C9H10ClN5. The third-order valence-corrected chi connectivity index (χ3v) is 1.99. The molecule has 2 heterocycles. The summed E-state index contributed by atoms with van der Waals surface area (Å²) in [6.07, 6.45) is 1.44. The van der Waals surface area contributed by atoms with Crippen LogP contribution in [0.5, 0.6) is 0 Å². The summed E-state index contributed by atoms with van der Waals surface area (Å²) in [5.41, 5.74) is 1.02. The van der Waals surface area contributed by atoms with Crippen molar-refractivity contribution in [3.8, 4) is 0 Å². The quantitative estimate of drug-likeness (QED) is 0.637. The van der Waals surface area contributed by atoms with E-state index in [4.69, 9.17) is 11.6 Å². The van der Waals surface area contributed by atoms with E-state index >= 15 is 0 Å². The molecule has 0 spiro atoms. The Balaban J connectivity index is 2.39. The number of anilines is 1. The average Bonchev–Trinajstić information content (AvgIpc) is 2.61. The highest BCUT2D eigenvalue weighted by Gasteiger charge is 2.05. The minimum absolute atomic E-state index is 0.389. The first kappa shape index (κ1) is 9.92. The van der Waals surface area contributed by atoms with Gasteiger partial charge in [-0.15, -0.1) is 0 Å². The largest absolute Gasteiger partial charge is 0.366 e. The summed E-state index contributed by atoms with van der Waals surface area (Å²) in [6.45, 7) is 6.40. The summed E-state index contributed by atoms with van der Waals surface area (Å²) in [5.74, 6) is 1.23. The van der Waals surface area contributed by atoms with E-state index in [0.29, 0.717) is 17.5 Å². The molecule has 2 rings (SSSR count). The number of nitrogens with zero attached hydrogens (tertiary/aromatic N) is 4. The fourth-order valence-corrected chi connectivity index (χ4v) is 1.33. The van der Waals surface area contributed by atoms with Crippen LogP contribution in [0.2, 0.25) is 5.15 Å². The maximum Gasteiger partial charge on any atom is 0.255 e. The number of fused-ring (bicyclic) bond motifs is 1. The molecule has 1 N–H and O–H groups in total. The summed E-state index contributed by atoms with van der Waals surface area (Å²) in [5, 5.41) is 7.57. The third kappa shape index (κ3) is 2.07. The number of aromatic nitrogens is 4. The van der Waals surface area contributed by atoms with Crippen LogP contribution >= 0.6 is 11.6 Å². The number of rotatable bonds is 3. The van der Waals surface area contributed by atoms with Crippen LogP contribution in [0.3, 0.4) is 0 Å². The van der Waals surface area contributed by atoms with Gasteiger partial charge in [0.25, 0.3) is 5.78 Å². The molecule has 5 nitrogen and oxygen atoms in total. The van der Waals surface area contributed by atoms with Gasteiger partial charge in [-0.3, -0.25) is 0 Å². The molecule has 6 heteroatoms. The van der Waals surface area contributed by atoms with E-state index < -0.39 is 0 Å². The molecule has 2 aromatic rings. The predicted molar refractivity (Wildman–Crippen MR) is 59.1 cm³/mol. The molecule has 0 unspecified atom stereocenters. The van der Waals surface area contributed by atoms with Crippen molar-refractivity contribution in [1.82, 2.24) is 19.6 Å². The molecule has 0 saturated heterocycles. The summed E-state index contributed by atoms with van der Waals surface area (Å²) < 4.78 is 1.59. The third-order valence-electron chi connectivity index (χ3n) is 1.79. The van der Waals surface area contributed by atoms with Crippen LogP contribution in [0.4, 0.5) is 5.82 Å². The topological polar surface area (TPSA) is 55.1 Å². The lowest BCUT2D eigenvalue weighted by atomic mass is 10.3. The summed E-state index contributed by atoms with van der Waals surface area (Å²) >= 11 is 5.84. The van der Waals surface area contributed by atoms with Crippen molar-refractivity contribution in [2.45, 2.75) is 6.92 Å². The Kier molecular flexibility index (Phi) is 2.55. The van der Waals surface area contributed by atoms with E-state index in [9.17, 15) is 0 Å². The van der Waals surface area contributed by atoms with E-state index in [1.165, 1.54) is 6.33 Å². The van der Waals surface area contributed by atoms with Gasteiger partial charge >= 0.3 is 0 Å². The molecule has 0 amide bonds. The van der Waals surface area contributed by atoms with E-state index in [2.05, 4.69) is 27.0 Å². The van der Waals surface area contributed by atoms with Gasteiger partial charge < -0.3 is 5.32 Å². The zero-order chi connectivity index (χ0) is 10.8. The smallest absolute Gasteiger partial charge is 0.255 e. The first-order valence-corrected chi connectivity index (χ1v) is 4.79. The Morgan fingerprint density at radius 2 is 2.47 bits per heavy atom. The molecule has 78 valence electrons. The van der Waals surface area contributed by atoms with Gasteiger partial charge in [-0.25, -0.2) is 0 Å². The minimum Gasteiger partial charge on any atom is -0.366 e. The fourth-order valence-electron chi connectivity index (χ4n) is 1.15. The van der Waals surface area contributed by atoms with Crippen molar-refractivity contribution >= 4 is 23.2 Å². The Morgan fingerprint density at radius 1 is 1.67 bits per heavy atom. The predicted octanol–water partition coefficient (Wildman–Crippen LogP) is 1.77. The van der Waals surface area contributed by atoms with Gasteiger partial charge in [0.2, 0.25) is 0 Å². The van der Waals surface area contributed by atoms with E-state index in [1.54, 1.807) is 10.6 Å². The van der Waals surface area contributed by atoms with Crippen LogP contribution in [0.1, 0.15) is 6.92 Å². The van der Waals surface area contributed by atoms with Gasteiger partial charge in [-0.2, -0.15) is 19.6 Å². The van der Waals surface area contributed by atoms with Crippen LogP contribution in [-0.4, -0.2) is 26.1 Å². The van der Waals surface area contributed by atoms with Gasteiger partial charge in [0.15, 0.2) is 0 Å². The van der Waals surface area contributed by atoms with Gasteiger partial charge in [0, 0.05) is 12.6 Å². The summed E-state index contributed by atoms with van der Waals surface area (Å²) in [7, 11) is 0. The molecule has 15 heavy (non-hydrogen) atoms. The summed E-state index contributed by atoms with van der Waals surface area (Å²) in [6, 6.07) is 1.70. The molecule has 0 aliphatic heterocycles. The SMILES string of the molecule is C=C(C)CNc1cc(Cl)nc2ncnn12. The minimum atomic E-state index is 0.389. The molecule has 0 aliphatic carbocycles. The monoisotopic (exact) mass is 223 g/mol. The van der Waals surface area contributed by atoms with Crippen molar-refractivity contribution in [1.29, 1.82) is 0 Å². The number of hydrogen-bond donors (Lipinski definition) is 1. The van der Waals surface area contributed by atoms with Crippen LogP contribution in [0.15, 0.2) is 24.5 Å². The maximum absolute atomic E-state index is 5.84. The van der Waals surface area contributed by atoms with Crippen LogP contribution in [0, 0.1) is 0 Å². The lowest BCUT2D eigenvalue weighted by molar-refractivity contribution is 0.934. The molecule has 0 aromatic carbocycles. The lowest BCUT2D eigenvalue weighted by Gasteiger charge is -2.07. The average molecular weight is 224 g/mol. The van der Waals surface area contributed by atoms with Gasteiger partial charge in [-0.05, 0) is 6.92 Å². The van der Waals surface area contributed by atoms with Crippen molar-refractivity contribution in [2.75, 3.05) is 11.9 Å². The second-order valence-corrected chi connectivity index (χ2v) is 3.63. The summed E-state index contributed by atoms with van der Waals surface area (Å²) in [4.78, 5) is 7.98. The highest BCUT2D eigenvalue weighted by molar-refractivity contribution is 6.29. The van der Waals surface area contributed by atoms with Crippen molar-refractivity contribution in [3.63, 3.8) is 0 Å². The van der Waals surface area contributed by atoms with Crippen LogP contribution in [0.25, 0.3) is 5.78 Å². The highest BCUT2D eigenvalue weighted by atomic mass is 35.5. The van der Waals surface area contributed by atoms with Gasteiger partial charge in [-0.1, -0.05) is 23.8 Å². The van der Waals surface area contributed by atoms with Crippen LogP contribution < -0.4 is 5.32 Å². The Labute approximate surface area is 91.8 Å². The standard InChI is InChI=1S/C9H10ClN5/c1-6(2)4-11-8-3-7(10)14-9-12-5-13-15(8)9/h3,5,11H,1,4H2,2H3. The number of hydrogen-bond acceptors (Lipinski definition) is 4. The van der Waals surface area contributed by atoms with E-state index in [-0.39, 0.29) is 0 Å². The maximum atomic E-state index is 5.84.